The number of hydrogen-bond donors (Lipinski definition) is 2. The minimum absolute atomic E-state index is 0.0639. The summed E-state index contributed by atoms with van der Waals surface area (Å²) in [6.07, 6.45) is -3.63. The molecule has 0 aliphatic carbocycles. The van der Waals surface area contributed by atoms with E-state index in [4.69, 9.17) is 0 Å². The number of anilines is 1. The van der Waals surface area contributed by atoms with Crippen LogP contribution in [0.3, 0.4) is 0 Å². The molecule has 1 heterocycles. The zero-order valence-corrected chi connectivity index (χ0v) is 16.1. The molecule has 3 aromatic rings. The Labute approximate surface area is 162 Å². The Hall–Kier alpha value is -2.67. The standard InChI is InChI=1S/C21H23F3N4/c1-4-14-9-11-15(12-10-14)18(28(2)3)13-25-19-16-7-5-6-8-17(16)26-20(27-19)21(22,23)24/h5-12,18H,4,13H2,1-3H3,(H,25,26,27)/p+1/t18-/m1/s1. The first-order chi connectivity index (χ1) is 13.3. The van der Waals surface area contributed by atoms with Gasteiger partial charge in [0, 0.05) is 10.9 Å². The lowest BCUT2D eigenvalue weighted by atomic mass is 10.0. The molecule has 3 rings (SSSR count). The first-order valence-corrected chi connectivity index (χ1v) is 9.26. The normalized spacial score (nSPS) is 13.1. The van der Waals surface area contributed by atoms with Gasteiger partial charge in [0.1, 0.15) is 11.9 Å². The highest BCUT2D eigenvalue weighted by atomic mass is 19.4. The summed E-state index contributed by atoms with van der Waals surface area (Å²) >= 11 is 0. The van der Waals surface area contributed by atoms with Gasteiger partial charge in [0.25, 0.3) is 0 Å². The van der Waals surface area contributed by atoms with E-state index in [-0.39, 0.29) is 17.4 Å². The molecule has 7 heteroatoms. The summed E-state index contributed by atoms with van der Waals surface area (Å²) in [7, 11) is 4.05. The molecule has 4 nitrogen and oxygen atoms in total. The highest BCUT2D eigenvalue weighted by Gasteiger charge is 2.35. The number of benzene rings is 2. The van der Waals surface area contributed by atoms with E-state index >= 15 is 0 Å². The van der Waals surface area contributed by atoms with Crippen molar-refractivity contribution in [3.05, 3.63) is 65.5 Å². The second-order valence-electron chi connectivity index (χ2n) is 7.02. The van der Waals surface area contributed by atoms with Crippen molar-refractivity contribution in [3.8, 4) is 0 Å². The first kappa shape index (κ1) is 20.1. The van der Waals surface area contributed by atoms with Gasteiger partial charge in [-0.25, -0.2) is 9.97 Å². The van der Waals surface area contributed by atoms with Crippen LogP contribution in [0, 0.1) is 0 Å². The lowest BCUT2D eigenvalue weighted by molar-refractivity contribution is -0.890. The number of aryl methyl sites for hydroxylation is 1. The van der Waals surface area contributed by atoms with Crippen molar-refractivity contribution in [2.75, 3.05) is 26.0 Å². The number of quaternary nitrogens is 1. The quantitative estimate of drug-likeness (QED) is 0.678. The van der Waals surface area contributed by atoms with Crippen molar-refractivity contribution in [2.24, 2.45) is 0 Å². The number of nitrogens with zero attached hydrogens (tertiary/aromatic N) is 2. The number of nitrogens with one attached hydrogen (secondary N) is 2. The largest absolute Gasteiger partial charge is 0.451 e. The van der Waals surface area contributed by atoms with Crippen LogP contribution >= 0.6 is 0 Å². The SMILES string of the molecule is CCc1ccc([C@@H](CNc2nc(C(F)(F)F)nc3ccccc23)[NH+](C)C)cc1. The van der Waals surface area contributed by atoms with Gasteiger partial charge in [0.2, 0.25) is 5.82 Å². The second-order valence-corrected chi connectivity index (χ2v) is 7.02. The van der Waals surface area contributed by atoms with Gasteiger partial charge in [0.05, 0.1) is 26.2 Å². The maximum Gasteiger partial charge on any atom is 0.451 e. The molecular weight excluding hydrogens is 365 g/mol. The van der Waals surface area contributed by atoms with Crippen LogP contribution in [0.15, 0.2) is 48.5 Å². The van der Waals surface area contributed by atoms with Crippen molar-refractivity contribution in [1.29, 1.82) is 0 Å². The van der Waals surface area contributed by atoms with Gasteiger partial charge in [-0.15, -0.1) is 0 Å². The van der Waals surface area contributed by atoms with Gasteiger partial charge in [-0.1, -0.05) is 43.3 Å². The third-order valence-corrected chi connectivity index (χ3v) is 4.82. The second kappa shape index (κ2) is 8.14. The Morgan fingerprint density at radius 3 is 2.29 bits per heavy atom. The fourth-order valence-corrected chi connectivity index (χ4v) is 3.18. The van der Waals surface area contributed by atoms with Crippen LogP contribution in [0.1, 0.15) is 29.9 Å². The minimum Gasteiger partial charge on any atom is -0.363 e. The Kier molecular flexibility index (Phi) is 5.84. The average molecular weight is 389 g/mol. The summed E-state index contributed by atoms with van der Waals surface area (Å²) in [6, 6.07) is 15.1. The molecule has 148 valence electrons. The zero-order chi connectivity index (χ0) is 20.3. The van der Waals surface area contributed by atoms with Crippen LogP contribution in [0.4, 0.5) is 19.0 Å². The number of fused-ring (bicyclic) bond motifs is 1. The molecule has 2 aromatic carbocycles. The maximum atomic E-state index is 13.2. The smallest absolute Gasteiger partial charge is 0.363 e. The van der Waals surface area contributed by atoms with Gasteiger partial charge < -0.3 is 10.2 Å². The van der Waals surface area contributed by atoms with Crippen LogP contribution in [0.5, 0.6) is 0 Å². The minimum atomic E-state index is -4.59. The van der Waals surface area contributed by atoms with Gasteiger partial charge in [0.15, 0.2) is 0 Å². The van der Waals surface area contributed by atoms with Crippen LogP contribution in [-0.2, 0) is 12.6 Å². The maximum absolute atomic E-state index is 13.2. The number of hydrogen-bond acceptors (Lipinski definition) is 3. The molecule has 0 fully saturated rings. The van der Waals surface area contributed by atoms with E-state index < -0.39 is 12.0 Å². The Balaban J connectivity index is 1.91. The number of alkyl halides is 3. The molecule has 0 aliphatic rings. The molecule has 0 bridgehead atoms. The first-order valence-electron chi connectivity index (χ1n) is 9.26. The summed E-state index contributed by atoms with van der Waals surface area (Å²) < 4.78 is 39.6. The zero-order valence-electron chi connectivity index (χ0n) is 16.1. The molecule has 1 atom stereocenters. The highest BCUT2D eigenvalue weighted by Crippen LogP contribution is 2.30. The van der Waals surface area contributed by atoms with E-state index in [2.05, 4.69) is 46.5 Å². The average Bonchev–Trinajstić information content (AvgIpc) is 2.67. The molecule has 0 unspecified atom stereocenters. The van der Waals surface area contributed by atoms with Crippen LogP contribution < -0.4 is 10.2 Å². The number of para-hydroxylation sites is 1. The molecule has 28 heavy (non-hydrogen) atoms. The van der Waals surface area contributed by atoms with E-state index in [1.54, 1.807) is 24.3 Å². The highest BCUT2D eigenvalue weighted by molar-refractivity contribution is 5.89. The summed E-state index contributed by atoms with van der Waals surface area (Å²) in [4.78, 5) is 8.61. The lowest BCUT2D eigenvalue weighted by Gasteiger charge is -2.23. The Morgan fingerprint density at radius 1 is 1.00 bits per heavy atom. The van der Waals surface area contributed by atoms with E-state index in [1.807, 2.05) is 14.1 Å². The van der Waals surface area contributed by atoms with Gasteiger partial charge in [-0.2, -0.15) is 13.2 Å². The summed E-state index contributed by atoms with van der Waals surface area (Å²) in [6.45, 7) is 2.55. The van der Waals surface area contributed by atoms with E-state index in [9.17, 15) is 13.2 Å². The molecule has 0 amide bonds. The molecular formula is C21H24F3N4+. The molecule has 0 spiro atoms. The summed E-state index contributed by atoms with van der Waals surface area (Å²) in [5, 5.41) is 3.71. The number of halogens is 3. The molecule has 1 aromatic heterocycles. The number of likely N-dealkylation sites (N-methyl/N-ethyl adjacent to an activating group) is 1. The molecule has 0 saturated heterocycles. The molecule has 2 N–H and O–H groups in total. The van der Waals surface area contributed by atoms with Gasteiger partial charge in [-0.05, 0) is 24.1 Å². The molecule has 0 aliphatic heterocycles. The van der Waals surface area contributed by atoms with Crippen molar-refractivity contribution in [3.63, 3.8) is 0 Å². The van der Waals surface area contributed by atoms with Crippen LogP contribution in [-0.4, -0.2) is 30.6 Å². The Morgan fingerprint density at radius 2 is 1.68 bits per heavy atom. The lowest BCUT2D eigenvalue weighted by Crippen LogP contribution is -3.06. The number of rotatable bonds is 6. The summed E-state index contributed by atoms with van der Waals surface area (Å²) in [5.74, 6) is -0.927. The number of aromatic nitrogens is 2. The van der Waals surface area contributed by atoms with E-state index in [0.717, 1.165) is 12.0 Å². The van der Waals surface area contributed by atoms with Crippen molar-refractivity contribution >= 4 is 16.7 Å². The van der Waals surface area contributed by atoms with E-state index in [0.29, 0.717) is 11.9 Å². The predicted molar refractivity (Wildman–Crippen MR) is 104 cm³/mol. The van der Waals surface area contributed by atoms with Crippen LogP contribution in [0.2, 0.25) is 0 Å². The summed E-state index contributed by atoms with van der Waals surface area (Å²) in [5.41, 5.74) is 2.65. The molecule has 0 radical (unpaired) electrons. The fraction of sp³-hybridized carbons (Fsp3) is 0.333. The van der Waals surface area contributed by atoms with E-state index in [1.165, 1.54) is 10.5 Å². The monoisotopic (exact) mass is 389 g/mol. The third-order valence-electron chi connectivity index (χ3n) is 4.82. The predicted octanol–water partition coefficient (Wildman–Crippen LogP) is 3.51. The van der Waals surface area contributed by atoms with Crippen molar-refractivity contribution in [1.82, 2.24) is 9.97 Å². The van der Waals surface area contributed by atoms with Crippen LogP contribution in [0.25, 0.3) is 10.9 Å². The topological polar surface area (TPSA) is 42.2 Å². The fourth-order valence-electron chi connectivity index (χ4n) is 3.18. The van der Waals surface area contributed by atoms with Crippen molar-refractivity contribution in [2.45, 2.75) is 25.6 Å². The van der Waals surface area contributed by atoms with Gasteiger partial charge >= 0.3 is 6.18 Å². The van der Waals surface area contributed by atoms with Gasteiger partial charge in [-0.3, -0.25) is 0 Å². The Bertz CT molecular complexity index is 937. The molecule has 0 saturated carbocycles. The third kappa shape index (κ3) is 4.42. The van der Waals surface area contributed by atoms with Crippen molar-refractivity contribution < 1.29 is 18.1 Å².